The highest BCUT2D eigenvalue weighted by atomic mass is 19.1. The fourth-order valence-corrected chi connectivity index (χ4v) is 16.7. The van der Waals surface area contributed by atoms with Crippen LogP contribution in [-0.4, -0.2) is 181 Å². The molecule has 4 saturated heterocycles. The standard InChI is InChI=1S/2C22H26FN5O2.2C22H27N5O2/c1-27-14-16(20-18(23)6-3-7-19(20)27)5-2-4-15-8-10-28(11-9-15)22-24-12-17(13-25-22)21(29)26-30;1-27-14-16(18-6-3-7-19(23)20(18)27)5-2-4-15-8-10-28(11-9-15)22-24-12-17(13-25-22)21(29)26-30;1-26-7-6-18-3-2-17(10-20(18)26)12-23-11-16-4-8-27(9-5-16)22-24-13-19(14-25-22)21(29)15-28;1-26-14-18(19-4-2-3-5-20(19)26)11-23-10-16-6-8-27(9-7-16)22-24-12-17(13-25-22)21(29)15-28/h2*3,6-7,12-15,30H,2,4-5,8-11H2,1H3,(H,26,29);2-3,6-7,10,13-14,16,23,28H,4-5,8-9,11-12,15H2,1H3;2-5,12-14,16,23,28H,6-11,15H2,1H3. The normalized spacial score (nSPS) is 15.1. The van der Waals surface area contributed by atoms with E-state index in [0.29, 0.717) is 64.1 Å². The van der Waals surface area contributed by atoms with Crippen molar-refractivity contribution >= 4 is 90.8 Å². The first-order valence-corrected chi connectivity index (χ1v) is 40.8. The Morgan fingerprint density at radius 3 is 1.34 bits per heavy atom. The molecule has 4 aromatic carbocycles. The number of carbonyl (C=O) groups is 4. The van der Waals surface area contributed by atoms with Crippen LogP contribution in [0, 0.1) is 35.3 Å². The summed E-state index contributed by atoms with van der Waals surface area (Å²) >= 11 is 0. The van der Waals surface area contributed by atoms with Crippen molar-refractivity contribution in [2.45, 2.75) is 103 Å². The Balaban J connectivity index is 0.000000136. The van der Waals surface area contributed by atoms with Gasteiger partial charge in [-0.2, -0.15) is 0 Å². The highest BCUT2D eigenvalue weighted by Crippen LogP contribution is 2.32. The number of benzene rings is 4. The minimum absolute atomic E-state index is 0.140. The van der Waals surface area contributed by atoms with Crippen molar-refractivity contribution in [1.29, 1.82) is 0 Å². The predicted octanol–water partition coefficient (Wildman–Crippen LogP) is 11.2. The van der Waals surface area contributed by atoms with Crippen LogP contribution in [0.2, 0.25) is 0 Å². The number of aromatic nitrogens is 12. The third-order valence-electron chi connectivity index (χ3n) is 23.4. The number of rotatable bonds is 26. The second-order valence-electron chi connectivity index (χ2n) is 31.3. The molecule has 4 aliphatic rings. The average molecular weight is 1610 g/mol. The summed E-state index contributed by atoms with van der Waals surface area (Å²) in [6.45, 7) is 9.90. The van der Waals surface area contributed by atoms with Crippen LogP contribution in [0.3, 0.4) is 0 Å². The summed E-state index contributed by atoms with van der Waals surface area (Å²) in [7, 11) is 8.03. The van der Waals surface area contributed by atoms with Gasteiger partial charge >= 0.3 is 0 Å². The summed E-state index contributed by atoms with van der Waals surface area (Å²) in [5.74, 6) is 2.85. The van der Waals surface area contributed by atoms with E-state index >= 15 is 0 Å². The highest BCUT2D eigenvalue weighted by Gasteiger charge is 2.27. The zero-order valence-corrected chi connectivity index (χ0v) is 67.5. The molecule has 0 unspecified atom stereocenters. The fraction of sp³-hybridized carbons (Fsp3) is 0.409. The molecule has 0 bridgehead atoms. The molecule has 118 heavy (non-hydrogen) atoms. The van der Waals surface area contributed by atoms with E-state index < -0.39 is 25.0 Å². The molecule has 0 aliphatic carbocycles. The molecule has 620 valence electrons. The van der Waals surface area contributed by atoms with E-state index in [1.807, 2.05) is 35.4 Å². The minimum Gasteiger partial charge on any atom is -0.388 e. The van der Waals surface area contributed by atoms with Crippen molar-refractivity contribution in [2.24, 2.45) is 51.9 Å². The number of fused-ring (bicyclic) bond motifs is 4. The lowest BCUT2D eigenvalue weighted by molar-refractivity contribution is 0.0701. The Kier molecular flexibility index (Phi) is 29.0. The Morgan fingerprint density at radius 1 is 0.424 bits per heavy atom. The molecule has 16 rings (SSSR count). The van der Waals surface area contributed by atoms with Crippen molar-refractivity contribution in [3.63, 3.8) is 0 Å². The van der Waals surface area contributed by atoms with Crippen molar-refractivity contribution in [3.05, 3.63) is 215 Å². The van der Waals surface area contributed by atoms with Gasteiger partial charge in [-0.05, 0) is 191 Å². The van der Waals surface area contributed by atoms with Crippen LogP contribution in [0.1, 0.15) is 141 Å². The van der Waals surface area contributed by atoms with E-state index in [0.717, 1.165) is 190 Å². The lowest BCUT2D eigenvalue weighted by atomic mass is 9.91. The van der Waals surface area contributed by atoms with Crippen molar-refractivity contribution < 1.29 is 48.6 Å². The molecular weight excluding hydrogens is 1500 g/mol. The molecular formula is C88H106F2N20O8. The van der Waals surface area contributed by atoms with Gasteiger partial charge in [0, 0.05) is 195 Å². The van der Waals surface area contributed by atoms with E-state index in [1.165, 1.54) is 100 Å². The number of carbonyl (C=O) groups excluding carboxylic acids is 4. The largest absolute Gasteiger partial charge is 0.388 e. The third-order valence-corrected chi connectivity index (χ3v) is 23.4. The number of nitrogens with one attached hydrogen (secondary N) is 4. The number of amides is 2. The second-order valence-corrected chi connectivity index (χ2v) is 31.3. The predicted molar refractivity (Wildman–Crippen MR) is 450 cm³/mol. The Labute approximate surface area is 684 Å². The molecule has 0 radical (unpaired) electrons. The molecule has 28 nitrogen and oxygen atoms in total. The molecule has 2 amide bonds. The van der Waals surface area contributed by atoms with Gasteiger partial charge < -0.3 is 58.7 Å². The van der Waals surface area contributed by atoms with Crippen molar-refractivity contribution in [2.75, 3.05) is 98.3 Å². The molecule has 8 N–H and O–H groups in total. The number of nitrogens with zero attached hydrogens (tertiary/aromatic N) is 16. The van der Waals surface area contributed by atoms with Crippen LogP contribution in [-0.2, 0) is 54.1 Å². The van der Waals surface area contributed by atoms with Gasteiger partial charge in [-0.15, -0.1) is 0 Å². The molecule has 30 heteroatoms. The number of aliphatic hydroxyl groups is 2. The quantitative estimate of drug-likeness (QED) is 0.0142. The van der Waals surface area contributed by atoms with Crippen molar-refractivity contribution in [3.8, 4) is 0 Å². The number of Topliss-reactive ketones (excluding diaryl/α,β-unsaturated/α-hetero) is 2. The van der Waals surface area contributed by atoms with E-state index in [1.54, 1.807) is 23.1 Å². The zero-order chi connectivity index (χ0) is 82.6. The van der Waals surface area contributed by atoms with Gasteiger partial charge in [0.25, 0.3) is 11.8 Å². The Hall–Kier alpha value is -11.5. The SMILES string of the molecule is Cn1cc(CCCC2CCN(c3ncc(C(=O)NO)cn3)CC2)c2c(F)cccc21.Cn1cc(CCCC2CCN(c3ncc(C(=O)NO)cn3)CC2)c2cccc(F)c21.Cn1cc(CNCC2CCN(c3ncc(C(=O)CO)cn3)CC2)c2ccccc21.Cn1ccc2ccc(CNCC3CCN(c4ncc(C(=O)CO)cn4)CC3)cc21. The summed E-state index contributed by atoms with van der Waals surface area (Å²) < 4.78 is 36.6. The number of hydroxylamine groups is 2. The summed E-state index contributed by atoms with van der Waals surface area (Å²) in [6, 6.07) is 27.8. The molecule has 4 fully saturated rings. The van der Waals surface area contributed by atoms with Gasteiger partial charge in [-0.3, -0.25) is 29.6 Å². The molecule has 0 spiro atoms. The topological polar surface area (TPSA) is 333 Å². The maximum atomic E-state index is 14.3. The van der Waals surface area contributed by atoms with E-state index in [2.05, 4.69) is 167 Å². The fourth-order valence-electron chi connectivity index (χ4n) is 16.7. The van der Waals surface area contributed by atoms with Gasteiger partial charge in [0.1, 0.15) is 24.8 Å². The number of para-hydroxylation sites is 2. The summed E-state index contributed by atoms with van der Waals surface area (Å²) in [4.78, 5) is 88.4. The maximum Gasteiger partial charge on any atom is 0.277 e. The number of anilines is 4. The van der Waals surface area contributed by atoms with E-state index in [4.69, 9.17) is 20.6 Å². The number of piperidine rings is 4. The van der Waals surface area contributed by atoms with Crippen LogP contribution in [0.5, 0.6) is 0 Å². The summed E-state index contributed by atoms with van der Waals surface area (Å²) in [5, 5.41) is 46.7. The number of ketones is 2. The second kappa shape index (κ2) is 40.6. The number of hydrogen-bond donors (Lipinski definition) is 8. The average Bonchev–Trinajstić information content (AvgIpc) is 1.66. The molecule has 12 aromatic rings. The number of aliphatic hydroxyl groups excluding tert-OH is 2. The van der Waals surface area contributed by atoms with E-state index in [-0.39, 0.29) is 34.3 Å². The zero-order valence-electron chi connectivity index (χ0n) is 67.5. The molecule has 0 atom stereocenters. The van der Waals surface area contributed by atoms with Crippen LogP contribution in [0.15, 0.2) is 159 Å². The highest BCUT2D eigenvalue weighted by molar-refractivity contribution is 5.97. The van der Waals surface area contributed by atoms with Crippen molar-refractivity contribution in [1.82, 2.24) is 79.7 Å². The first-order valence-electron chi connectivity index (χ1n) is 40.8. The summed E-state index contributed by atoms with van der Waals surface area (Å²) in [5.41, 5.74) is 13.4. The van der Waals surface area contributed by atoms with Gasteiger partial charge in [-0.25, -0.2) is 59.6 Å². The number of hydrogen-bond acceptors (Lipinski definition) is 22. The Morgan fingerprint density at radius 2 is 0.839 bits per heavy atom. The molecule has 8 aromatic heterocycles. The Bertz CT molecular complexity index is 5320. The molecule has 12 heterocycles. The maximum absolute atomic E-state index is 14.3. The van der Waals surface area contributed by atoms with Gasteiger partial charge in [0.2, 0.25) is 23.8 Å². The monoisotopic (exact) mass is 1610 g/mol. The van der Waals surface area contributed by atoms with Gasteiger partial charge in [0.15, 0.2) is 11.6 Å². The number of halogens is 2. The van der Waals surface area contributed by atoms with Gasteiger partial charge in [0.05, 0.1) is 33.3 Å². The lowest BCUT2D eigenvalue weighted by Gasteiger charge is -2.32. The third kappa shape index (κ3) is 21.2. The number of aryl methyl sites for hydroxylation is 6. The van der Waals surface area contributed by atoms with Gasteiger partial charge in [-0.1, -0.05) is 48.5 Å². The summed E-state index contributed by atoms with van der Waals surface area (Å²) in [6.07, 6.45) is 34.9. The van der Waals surface area contributed by atoms with Crippen LogP contribution in [0.4, 0.5) is 32.6 Å². The first-order chi connectivity index (χ1) is 57.4. The van der Waals surface area contributed by atoms with Crippen LogP contribution < -0.4 is 41.2 Å². The smallest absolute Gasteiger partial charge is 0.277 e. The minimum atomic E-state index is -0.619. The van der Waals surface area contributed by atoms with E-state index in [9.17, 15) is 28.0 Å². The van der Waals surface area contributed by atoms with Crippen LogP contribution >= 0.6 is 0 Å². The molecule has 0 saturated carbocycles. The lowest BCUT2D eigenvalue weighted by Crippen LogP contribution is -2.38. The first kappa shape index (κ1) is 84.4. The molecule has 4 aliphatic heterocycles. The van der Waals surface area contributed by atoms with Crippen LogP contribution in [0.25, 0.3) is 43.6 Å².